The Labute approximate surface area is 407 Å². The molecule has 18 heteroatoms. The average molecular weight is 971 g/mol. The van der Waals surface area contributed by atoms with Crippen LogP contribution >= 0.6 is 0 Å². The first-order valence-electron chi connectivity index (χ1n) is 24.5. The molecule has 5 rings (SSSR count). The topological polar surface area (TPSA) is 225 Å². The van der Waals surface area contributed by atoms with E-state index in [1.807, 2.05) is 61.4 Å². The van der Waals surface area contributed by atoms with E-state index in [2.05, 4.69) is 10.3 Å². The lowest BCUT2D eigenvalue weighted by Gasteiger charge is -2.50. The maximum atomic E-state index is 14.2. The van der Waals surface area contributed by atoms with E-state index in [0.717, 1.165) is 22.8 Å². The zero-order chi connectivity index (χ0) is 50.6. The SMILES string of the molecule is CCC(=O)O[C@@H]1C(C)O[C@@H](O[C@@H]2C(C)O[C@@H](O[C@H]3[C@@H](CC=O)C[C@@H](C)[C@@H](O)CN(C)CCC(/C=C/Cc4ccnc5ccccc45)NC(=O)C[C@@H](OC(=O)CC)[C@@H]3OC)C(O)C2N(C)C)CC1(C)O. The number of aromatic nitrogens is 1. The molecule has 3 aliphatic rings. The molecular formula is C51H78N4O14. The van der Waals surface area contributed by atoms with E-state index in [1.54, 1.807) is 59.8 Å². The summed E-state index contributed by atoms with van der Waals surface area (Å²) in [5, 5.41) is 39.5. The molecule has 0 bridgehead atoms. The number of esters is 2. The molecule has 6 unspecified atom stereocenters. The van der Waals surface area contributed by atoms with Crippen molar-refractivity contribution in [1.82, 2.24) is 20.1 Å². The molecule has 1 aromatic heterocycles. The summed E-state index contributed by atoms with van der Waals surface area (Å²) < 4.78 is 43.7. The number of methoxy groups -OCH3 is 1. The monoisotopic (exact) mass is 971 g/mol. The Kier molecular flexibility index (Phi) is 21.1. The van der Waals surface area contributed by atoms with Crippen LogP contribution in [0, 0.1) is 11.8 Å². The Morgan fingerprint density at radius 1 is 1.00 bits per heavy atom. The molecule has 1 amide bonds. The average Bonchev–Trinajstić information content (AvgIpc) is 3.29. The van der Waals surface area contributed by atoms with E-state index in [1.165, 1.54) is 7.11 Å². The largest absolute Gasteiger partial charge is 0.459 e. The molecule has 0 saturated carbocycles. The van der Waals surface area contributed by atoms with Crippen LogP contribution in [0.15, 0.2) is 48.7 Å². The van der Waals surface area contributed by atoms with Gasteiger partial charge in [0.15, 0.2) is 18.7 Å². The number of allylic oxidation sites excluding steroid dienone is 1. The highest BCUT2D eigenvalue weighted by molar-refractivity contribution is 5.82. The molecular weight excluding hydrogens is 893 g/mol. The normalized spacial score (nSPS) is 35.8. The van der Waals surface area contributed by atoms with Gasteiger partial charge in [0.2, 0.25) is 5.91 Å². The maximum Gasteiger partial charge on any atom is 0.305 e. The third kappa shape index (κ3) is 15.0. The summed E-state index contributed by atoms with van der Waals surface area (Å²) in [5.41, 5.74) is 0.464. The molecule has 0 spiro atoms. The zero-order valence-electron chi connectivity index (χ0n) is 42.1. The number of hydrogen-bond acceptors (Lipinski definition) is 17. The Bertz CT molecular complexity index is 2000. The number of amides is 1. The van der Waals surface area contributed by atoms with Crippen molar-refractivity contribution in [3.05, 3.63) is 54.2 Å². The Morgan fingerprint density at radius 3 is 2.38 bits per heavy atom. The molecule has 0 radical (unpaired) electrons. The lowest BCUT2D eigenvalue weighted by atomic mass is 9.82. The molecule has 2 aromatic rings. The lowest BCUT2D eigenvalue weighted by Crippen LogP contribution is -2.66. The van der Waals surface area contributed by atoms with Gasteiger partial charge in [-0.2, -0.15) is 0 Å². The summed E-state index contributed by atoms with van der Waals surface area (Å²) in [5.74, 6) is -2.55. The Balaban J connectivity index is 1.45. The van der Waals surface area contributed by atoms with E-state index >= 15 is 0 Å². The van der Waals surface area contributed by atoms with Crippen molar-refractivity contribution < 1.29 is 67.7 Å². The number of aliphatic hydroxyl groups is 3. The maximum absolute atomic E-state index is 14.2. The fraction of sp³-hybridized carbons (Fsp3) is 0.706. The second-order valence-electron chi connectivity index (χ2n) is 19.5. The summed E-state index contributed by atoms with van der Waals surface area (Å²) in [7, 11) is 6.83. The van der Waals surface area contributed by atoms with Crippen LogP contribution in [-0.4, -0.2) is 181 Å². The minimum atomic E-state index is -1.50. The van der Waals surface area contributed by atoms with Crippen molar-refractivity contribution in [1.29, 1.82) is 0 Å². The number of carbonyl (C=O) groups excluding carboxylic acids is 4. The molecule has 4 N–H and O–H groups in total. The number of pyridine rings is 1. The second-order valence-corrected chi connectivity index (χ2v) is 19.5. The highest BCUT2D eigenvalue weighted by Crippen LogP contribution is 2.38. The highest BCUT2D eigenvalue weighted by Gasteiger charge is 2.53. The number of β-amino-alcohol motifs (C(OH)–C–C–N with tert-alkyl or cyclic N) is 1. The summed E-state index contributed by atoms with van der Waals surface area (Å²) in [6, 6.07) is 8.65. The van der Waals surface area contributed by atoms with E-state index < -0.39 is 109 Å². The van der Waals surface area contributed by atoms with Gasteiger partial charge in [-0.3, -0.25) is 19.4 Å². The molecule has 3 fully saturated rings. The first kappa shape index (κ1) is 56.0. The quantitative estimate of drug-likeness (QED) is 0.114. The highest BCUT2D eigenvalue weighted by atomic mass is 16.7. The number of benzene rings is 1. The first-order chi connectivity index (χ1) is 32.8. The second kappa shape index (κ2) is 26.0. The number of nitrogens with one attached hydrogen (secondary N) is 1. The minimum Gasteiger partial charge on any atom is -0.459 e. The lowest BCUT2D eigenvalue weighted by molar-refractivity contribution is -0.344. The van der Waals surface area contributed by atoms with Gasteiger partial charge >= 0.3 is 11.9 Å². The summed E-state index contributed by atoms with van der Waals surface area (Å²) in [6.07, 6.45) is -3.84. The van der Waals surface area contributed by atoms with Gasteiger partial charge in [-0.05, 0) is 90.7 Å². The number of carbonyl (C=O) groups is 4. The van der Waals surface area contributed by atoms with Gasteiger partial charge in [0, 0.05) is 63.5 Å². The number of rotatable bonds is 15. The Hall–Kier alpha value is -3.95. The third-order valence-corrected chi connectivity index (χ3v) is 13.7. The number of hydrogen-bond donors (Lipinski definition) is 4. The van der Waals surface area contributed by atoms with E-state index in [0.29, 0.717) is 25.9 Å². The number of para-hydroxylation sites is 1. The van der Waals surface area contributed by atoms with Crippen molar-refractivity contribution in [2.75, 3.05) is 41.3 Å². The number of aldehydes is 1. The van der Waals surface area contributed by atoms with E-state index in [-0.39, 0.29) is 44.4 Å². The van der Waals surface area contributed by atoms with Crippen molar-refractivity contribution in [3.8, 4) is 0 Å². The van der Waals surface area contributed by atoms with Crippen LogP contribution in [0.1, 0.15) is 92.1 Å². The van der Waals surface area contributed by atoms with Gasteiger partial charge in [0.05, 0.1) is 42.4 Å². The number of nitrogens with zero attached hydrogens (tertiary/aromatic N) is 3. The minimum absolute atomic E-state index is 0.000211. The number of ether oxygens (including phenoxy) is 7. The molecule has 386 valence electrons. The van der Waals surface area contributed by atoms with Gasteiger partial charge in [-0.25, -0.2) is 0 Å². The van der Waals surface area contributed by atoms with Gasteiger partial charge in [-0.15, -0.1) is 0 Å². The molecule has 16 atom stereocenters. The molecule has 0 aliphatic carbocycles. The molecule has 3 saturated heterocycles. The molecule has 69 heavy (non-hydrogen) atoms. The zero-order valence-corrected chi connectivity index (χ0v) is 42.1. The third-order valence-electron chi connectivity index (χ3n) is 13.7. The molecule has 3 aliphatic heterocycles. The van der Waals surface area contributed by atoms with E-state index in [4.69, 9.17) is 33.2 Å². The van der Waals surface area contributed by atoms with Crippen LogP contribution in [0.4, 0.5) is 0 Å². The predicted octanol–water partition coefficient (Wildman–Crippen LogP) is 3.49. The number of aliphatic hydroxyl groups excluding tert-OH is 2. The van der Waals surface area contributed by atoms with Crippen LogP contribution in [0.3, 0.4) is 0 Å². The van der Waals surface area contributed by atoms with Gasteiger partial charge in [-0.1, -0.05) is 51.1 Å². The molecule has 1 aromatic carbocycles. The predicted molar refractivity (Wildman–Crippen MR) is 255 cm³/mol. The van der Waals surface area contributed by atoms with Crippen molar-refractivity contribution in [2.24, 2.45) is 11.8 Å². The number of fused-ring (bicyclic) bond motifs is 1. The van der Waals surface area contributed by atoms with Crippen LogP contribution in [0.25, 0.3) is 10.9 Å². The molecule has 18 nitrogen and oxygen atoms in total. The summed E-state index contributed by atoms with van der Waals surface area (Å²) >= 11 is 0. The summed E-state index contributed by atoms with van der Waals surface area (Å²) in [4.78, 5) is 60.4. The Morgan fingerprint density at radius 2 is 1.71 bits per heavy atom. The molecule has 4 heterocycles. The van der Waals surface area contributed by atoms with Gasteiger partial charge in [0.1, 0.15) is 36.3 Å². The van der Waals surface area contributed by atoms with E-state index in [9.17, 15) is 34.5 Å². The smallest absolute Gasteiger partial charge is 0.305 e. The fourth-order valence-corrected chi connectivity index (χ4v) is 9.94. The van der Waals surface area contributed by atoms with Crippen LogP contribution in [0.5, 0.6) is 0 Å². The van der Waals surface area contributed by atoms with Crippen LogP contribution in [-0.2, 0) is 58.8 Å². The first-order valence-corrected chi connectivity index (χ1v) is 24.5. The van der Waals surface area contributed by atoms with Crippen molar-refractivity contribution in [3.63, 3.8) is 0 Å². The van der Waals surface area contributed by atoms with Crippen molar-refractivity contribution in [2.45, 2.75) is 178 Å². The fourth-order valence-electron chi connectivity index (χ4n) is 9.94. The summed E-state index contributed by atoms with van der Waals surface area (Å²) in [6.45, 7) is 11.0. The van der Waals surface area contributed by atoms with Crippen molar-refractivity contribution >= 4 is 35.0 Å². The van der Waals surface area contributed by atoms with Gasteiger partial charge in [0.25, 0.3) is 0 Å². The number of likely N-dealkylation sites (N-methyl/N-ethyl adjacent to an activating group) is 2. The standard InChI is InChI=1S/C51H78N4O14/c1-11-41(59)66-39-27-40(58)53-35(17-15-16-33-20-23-52-37-19-14-13-18-36(33)37)21-24-55(9)29-38(57)30(3)26-34(22-25-56)47(48(39)63-10)69-50-45(61)44(54(7)8)46(31(4)65-50)68-43-28-51(6,62)49(32(5)64-43)67-42(60)12-2/h13-15,17-20,23,25,30-32,34-35,38-39,43-50,57,61-62H,11-12,16,21-22,24,26-29H2,1-10H3,(H,53,58)/b17-15+/t30-,31?,32?,34+,35?,38+,39-,43+,44?,45?,46-,47+,48+,49-,50+,51?/m1/s1. The van der Waals surface area contributed by atoms with Crippen LogP contribution in [0.2, 0.25) is 0 Å². The van der Waals surface area contributed by atoms with Gasteiger partial charge < -0.3 is 68.4 Å². The van der Waals surface area contributed by atoms with Crippen LogP contribution < -0.4 is 5.32 Å².